The zero-order chi connectivity index (χ0) is 17.5. The van der Waals surface area contributed by atoms with Crippen LogP contribution in [0.15, 0.2) is 60.9 Å². The third kappa shape index (κ3) is 4.21. The second-order valence-corrected chi connectivity index (χ2v) is 5.35. The average Bonchev–Trinajstić information content (AvgIpc) is 3.11. The lowest BCUT2D eigenvalue weighted by Gasteiger charge is -2.12. The number of ether oxygens (including phenoxy) is 1. The smallest absolute Gasteiger partial charge is 0.319 e. The van der Waals surface area contributed by atoms with Crippen molar-refractivity contribution < 1.29 is 9.53 Å². The minimum atomic E-state index is -0.314. The third-order valence-electron chi connectivity index (χ3n) is 3.63. The summed E-state index contributed by atoms with van der Waals surface area (Å²) in [6.07, 6.45) is 1.62. The Labute approximate surface area is 145 Å². The monoisotopic (exact) mass is 337 g/mol. The summed E-state index contributed by atoms with van der Waals surface area (Å²) < 4.78 is 6.97. The SMILES string of the molecule is COCc1ccccc1NC(=O)NCc1nncn1-c1ccccc1. The number of benzene rings is 2. The van der Waals surface area contributed by atoms with Crippen molar-refractivity contribution in [2.45, 2.75) is 13.2 Å². The van der Waals surface area contributed by atoms with E-state index in [2.05, 4.69) is 20.8 Å². The standard InChI is InChI=1S/C18H19N5O2/c1-25-12-14-7-5-6-10-16(14)21-18(24)19-11-17-22-20-13-23(17)15-8-3-2-4-9-15/h2-10,13H,11-12H2,1H3,(H2,19,21,24). The molecule has 0 saturated carbocycles. The lowest BCUT2D eigenvalue weighted by atomic mass is 10.2. The largest absolute Gasteiger partial charge is 0.380 e. The lowest BCUT2D eigenvalue weighted by Crippen LogP contribution is -2.29. The maximum absolute atomic E-state index is 12.2. The highest BCUT2D eigenvalue weighted by Crippen LogP contribution is 2.15. The molecule has 7 heteroatoms. The molecule has 0 aliphatic heterocycles. The molecule has 3 aromatic rings. The second kappa shape index (κ2) is 8.07. The van der Waals surface area contributed by atoms with E-state index in [0.29, 0.717) is 18.1 Å². The van der Waals surface area contributed by atoms with Crippen molar-refractivity contribution >= 4 is 11.7 Å². The molecule has 1 heterocycles. The van der Waals surface area contributed by atoms with Gasteiger partial charge in [0, 0.05) is 24.0 Å². The first-order valence-electron chi connectivity index (χ1n) is 7.84. The number of hydrogen-bond acceptors (Lipinski definition) is 4. The molecular weight excluding hydrogens is 318 g/mol. The number of rotatable bonds is 6. The Morgan fingerprint density at radius 2 is 1.88 bits per heavy atom. The molecule has 0 radical (unpaired) electrons. The Morgan fingerprint density at radius 1 is 1.12 bits per heavy atom. The van der Waals surface area contributed by atoms with Crippen LogP contribution in [0.2, 0.25) is 0 Å². The molecule has 0 atom stereocenters. The van der Waals surface area contributed by atoms with Crippen LogP contribution in [-0.2, 0) is 17.9 Å². The zero-order valence-electron chi connectivity index (χ0n) is 13.8. The molecule has 0 unspecified atom stereocenters. The molecule has 25 heavy (non-hydrogen) atoms. The molecule has 7 nitrogen and oxygen atoms in total. The van der Waals surface area contributed by atoms with Gasteiger partial charge in [-0.15, -0.1) is 10.2 Å². The van der Waals surface area contributed by atoms with E-state index in [-0.39, 0.29) is 12.6 Å². The Hall–Kier alpha value is -3.19. The number of amides is 2. The number of nitrogens with zero attached hydrogens (tertiary/aromatic N) is 3. The van der Waals surface area contributed by atoms with E-state index in [1.54, 1.807) is 13.4 Å². The summed E-state index contributed by atoms with van der Waals surface area (Å²) in [7, 11) is 1.62. The molecule has 2 aromatic carbocycles. The van der Waals surface area contributed by atoms with Crippen molar-refractivity contribution in [3.8, 4) is 5.69 Å². The van der Waals surface area contributed by atoms with Gasteiger partial charge in [0.25, 0.3) is 0 Å². The van der Waals surface area contributed by atoms with Gasteiger partial charge in [-0.25, -0.2) is 4.79 Å². The molecule has 2 amide bonds. The van der Waals surface area contributed by atoms with E-state index in [9.17, 15) is 4.79 Å². The van der Waals surface area contributed by atoms with E-state index in [1.165, 1.54) is 0 Å². The molecule has 0 bridgehead atoms. The Morgan fingerprint density at radius 3 is 2.68 bits per heavy atom. The van der Waals surface area contributed by atoms with Crippen LogP contribution in [0, 0.1) is 0 Å². The van der Waals surface area contributed by atoms with Gasteiger partial charge >= 0.3 is 6.03 Å². The quantitative estimate of drug-likeness (QED) is 0.725. The van der Waals surface area contributed by atoms with Crippen LogP contribution in [0.1, 0.15) is 11.4 Å². The Kier molecular flexibility index (Phi) is 5.38. The van der Waals surface area contributed by atoms with Gasteiger partial charge in [0.15, 0.2) is 5.82 Å². The van der Waals surface area contributed by atoms with Crippen molar-refractivity contribution in [2.75, 3.05) is 12.4 Å². The maximum Gasteiger partial charge on any atom is 0.319 e. The summed E-state index contributed by atoms with van der Waals surface area (Å²) in [5, 5.41) is 13.6. The van der Waals surface area contributed by atoms with Crippen LogP contribution >= 0.6 is 0 Å². The lowest BCUT2D eigenvalue weighted by molar-refractivity contribution is 0.185. The van der Waals surface area contributed by atoms with E-state index >= 15 is 0 Å². The summed E-state index contributed by atoms with van der Waals surface area (Å²) >= 11 is 0. The highest BCUT2D eigenvalue weighted by atomic mass is 16.5. The highest BCUT2D eigenvalue weighted by Gasteiger charge is 2.09. The number of hydrogen-bond donors (Lipinski definition) is 2. The molecule has 0 aliphatic carbocycles. The first-order valence-corrected chi connectivity index (χ1v) is 7.84. The number of urea groups is 1. The summed E-state index contributed by atoms with van der Waals surface area (Å²) in [6.45, 7) is 0.686. The zero-order valence-corrected chi connectivity index (χ0v) is 13.8. The van der Waals surface area contributed by atoms with Crippen LogP contribution in [0.3, 0.4) is 0 Å². The molecule has 2 N–H and O–H groups in total. The van der Waals surface area contributed by atoms with Gasteiger partial charge < -0.3 is 15.4 Å². The van der Waals surface area contributed by atoms with Gasteiger partial charge in [-0.1, -0.05) is 36.4 Å². The van der Waals surface area contributed by atoms with Crippen LogP contribution in [-0.4, -0.2) is 27.9 Å². The van der Waals surface area contributed by atoms with Gasteiger partial charge in [-0.3, -0.25) is 4.57 Å². The average molecular weight is 337 g/mol. The van der Waals surface area contributed by atoms with Gasteiger partial charge in [-0.2, -0.15) is 0 Å². The first-order chi connectivity index (χ1) is 12.3. The molecule has 128 valence electrons. The van der Waals surface area contributed by atoms with Gasteiger partial charge in [0.05, 0.1) is 13.2 Å². The summed E-state index contributed by atoms with van der Waals surface area (Å²) in [4.78, 5) is 12.2. The predicted octanol–water partition coefficient (Wildman–Crippen LogP) is 2.74. The Balaban J connectivity index is 1.63. The fourth-order valence-corrected chi connectivity index (χ4v) is 2.43. The van der Waals surface area contributed by atoms with Gasteiger partial charge in [-0.05, 0) is 18.2 Å². The summed E-state index contributed by atoms with van der Waals surface area (Å²) in [5.41, 5.74) is 2.56. The minimum Gasteiger partial charge on any atom is -0.380 e. The van der Waals surface area contributed by atoms with E-state index in [1.807, 2.05) is 59.2 Å². The molecule has 0 spiro atoms. The van der Waals surface area contributed by atoms with Crippen LogP contribution in [0.5, 0.6) is 0 Å². The highest BCUT2D eigenvalue weighted by molar-refractivity contribution is 5.89. The summed E-state index contributed by atoms with van der Waals surface area (Å²) in [5.74, 6) is 0.645. The molecule has 0 fully saturated rings. The van der Waals surface area contributed by atoms with Crippen LogP contribution < -0.4 is 10.6 Å². The van der Waals surface area contributed by atoms with Crippen LogP contribution in [0.4, 0.5) is 10.5 Å². The van der Waals surface area contributed by atoms with E-state index in [0.717, 1.165) is 11.3 Å². The van der Waals surface area contributed by atoms with E-state index in [4.69, 9.17) is 4.74 Å². The molecular formula is C18H19N5O2. The fourth-order valence-electron chi connectivity index (χ4n) is 2.43. The molecule has 1 aromatic heterocycles. The Bertz CT molecular complexity index is 832. The number of anilines is 1. The predicted molar refractivity (Wildman–Crippen MR) is 94.4 cm³/mol. The van der Waals surface area contributed by atoms with Crippen molar-refractivity contribution in [3.63, 3.8) is 0 Å². The first kappa shape index (κ1) is 16.7. The van der Waals surface area contributed by atoms with Crippen molar-refractivity contribution in [1.29, 1.82) is 0 Å². The van der Waals surface area contributed by atoms with Crippen molar-refractivity contribution in [1.82, 2.24) is 20.1 Å². The number of nitrogens with one attached hydrogen (secondary N) is 2. The third-order valence-corrected chi connectivity index (χ3v) is 3.63. The normalized spacial score (nSPS) is 10.4. The van der Waals surface area contributed by atoms with Gasteiger partial charge in [0.1, 0.15) is 6.33 Å². The fraction of sp³-hybridized carbons (Fsp3) is 0.167. The second-order valence-electron chi connectivity index (χ2n) is 5.35. The minimum absolute atomic E-state index is 0.257. The summed E-state index contributed by atoms with van der Waals surface area (Å²) in [6, 6.07) is 16.9. The molecule has 0 aliphatic rings. The van der Waals surface area contributed by atoms with Crippen molar-refractivity contribution in [3.05, 3.63) is 72.3 Å². The van der Waals surface area contributed by atoms with Gasteiger partial charge in [0.2, 0.25) is 0 Å². The number of carbonyl (C=O) groups is 1. The van der Waals surface area contributed by atoms with Crippen LogP contribution in [0.25, 0.3) is 5.69 Å². The number of aromatic nitrogens is 3. The topological polar surface area (TPSA) is 81.1 Å². The molecule has 3 rings (SSSR count). The van der Waals surface area contributed by atoms with Crippen molar-refractivity contribution in [2.24, 2.45) is 0 Å². The number of carbonyl (C=O) groups excluding carboxylic acids is 1. The number of methoxy groups -OCH3 is 1. The molecule has 0 saturated heterocycles. The van der Waals surface area contributed by atoms with E-state index < -0.39 is 0 Å². The number of para-hydroxylation sites is 2. The maximum atomic E-state index is 12.2.